The Kier molecular flexibility index (Phi) is 4.22. The summed E-state index contributed by atoms with van der Waals surface area (Å²) in [6.45, 7) is 7.28. The van der Waals surface area contributed by atoms with Gasteiger partial charge in [0.1, 0.15) is 0 Å². The molecule has 9 heteroatoms. The van der Waals surface area contributed by atoms with E-state index in [0.29, 0.717) is 30.1 Å². The molecule has 3 aromatic rings. The Morgan fingerprint density at radius 3 is 2.36 bits per heavy atom. The number of fused-ring (bicyclic) bond motifs is 3. The van der Waals surface area contributed by atoms with E-state index in [1.165, 1.54) is 11.3 Å². The van der Waals surface area contributed by atoms with E-state index < -0.39 is 10.2 Å². The first kappa shape index (κ1) is 17.1. The molecule has 4 rings (SSSR count). The number of piperidine rings is 1. The lowest BCUT2D eigenvalue weighted by Crippen LogP contribution is -2.45. The third-order valence-corrected chi connectivity index (χ3v) is 8.11. The summed E-state index contributed by atoms with van der Waals surface area (Å²) in [5.74, 6) is 0.742. The average molecular weight is 397 g/mol. The van der Waals surface area contributed by atoms with Gasteiger partial charge in [-0.3, -0.25) is 0 Å². The van der Waals surface area contributed by atoms with E-state index in [1.807, 2.05) is 19.1 Å². The van der Waals surface area contributed by atoms with Gasteiger partial charge in [0.25, 0.3) is 0 Å². The molecule has 2 unspecified atom stereocenters. The predicted molar refractivity (Wildman–Crippen MR) is 105 cm³/mol. The molecular weight excluding hydrogens is 376 g/mol. The average Bonchev–Trinajstić information content (AvgIpc) is 3.07. The monoisotopic (exact) mass is 396 g/mol. The smallest absolute Gasteiger partial charge is 0.246 e. The molecular formula is C16H20N4O2S3. The summed E-state index contributed by atoms with van der Waals surface area (Å²) in [4.78, 5) is 8.96. The van der Waals surface area contributed by atoms with E-state index in [4.69, 9.17) is 0 Å². The lowest BCUT2D eigenvalue weighted by atomic mass is 9.94. The van der Waals surface area contributed by atoms with Crippen molar-refractivity contribution in [1.29, 1.82) is 0 Å². The number of aryl methyl sites for hydroxylation is 1. The molecule has 25 heavy (non-hydrogen) atoms. The number of anilines is 1. The molecule has 1 fully saturated rings. The number of thiazole rings is 2. The molecule has 0 amide bonds. The maximum Gasteiger partial charge on any atom is 0.303 e. The molecule has 6 nitrogen and oxygen atoms in total. The first-order valence-electron chi connectivity index (χ1n) is 8.26. The lowest BCUT2D eigenvalue weighted by molar-refractivity contribution is 0.223. The molecule has 0 radical (unpaired) electrons. The molecule has 3 heterocycles. The summed E-state index contributed by atoms with van der Waals surface area (Å²) in [7, 11) is -3.58. The van der Waals surface area contributed by atoms with E-state index in [0.717, 1.165) is 31.9 Å². The van der Waals surface area contributed by atoms with E-state index in [-0.39, 0.29) is 0 Å². The molecule has 2 aromatic heterocycles. The van der Waals surface area contributed by atoms with Crippen molar-refractivity contribution in [3.8, 4) is 0 Å². The molecule has 1 N–H and O–H groups in total. The highest BCUT2D eigenvalue weighted by atomic mass is 32.2. The Bertz CT molecular complexity index is 1030. The zero-order valence-electron chi connectivity index (χ0n) is 14.3. The summed E-state index contributed by atoms with van der Waals surface area (Å²) >= 11 is 2.99. The second-order valence-electron chi connectivity index (χ2n) is 6.88. The van der Waals surface area contributed by atoms with Crippen molar-refractivity contribution in [2.24, 2.45) is 11.8 Å². The van der Waals surface area contributed by atoms with Crippen molar-refractivity contribution in [2.45, 2.75) is 27.2 Å². The van der Waals surface area contributed by atoms with Crippen LogP contribution in [-0.2, 0) is 10.2 Å². The van der Waals surface area contributed by atoms with Crippen molar-refractivity contribution < 1.29 is 8.42 Å². The Hall–Kier alpha value is -1.29. The van der Waals surface area contributed by atoms with Gasteiger partial charge in [-0.2, -0.15) is 12.7 Å². The minimum atomic E-state index is -3.58. The van der Waals surface area contributed by atoms with Crippen molar-refractivity contribution in [3.63, 3.8) is 0 Å². The van der Waals surface area contributed by atoms with Gasteiger partial charge in [-0.25, -0.2) is 14.7 Å². The maximum atomic E-state index is 12.8. The minimum Gasteiger partial charge on any atom is -0.246 e. The van der Waals surface area contributed by atoms with Crippen LogP contribution in [0.1, 0.15) is 25.3 Å². The topological polar surface area (TPSA) is 75.2 Å². The first-order chi connectivity index (χ1) is 11.8. The summed E-state index contributed by atoms with van der Waals surface area (Å²) in [5, 5.41) is 1.41. The fraction of sp³-hybridized carbons (Fsp3) is 0.500. The Morgan fingerprint density at radius 1 is 1.08 bits per heavy atom. The number of nitrogens with zero attached hydrogens (tertiary/aromatic N) is 3. The Balaban J connectivity index is 1.66. The fourth-order valence-electron chi connectivity index (χ4n) is 3.50. The highest BCUT2D eigenvalue weighted by Crippen LogP contribution is 2.36. The van der Waals surface area contributed by atoms with Gasteiger partial charge in [-0.1, -0.05) is 25.2 Å². The minimum absolute atomic E-state index is 0.371. The van der Waals surface area contributed by atoms with Crippen LogP contribution in [0.15, 0.2) is 12.1 Å². The number of benzene rings is 1. The van der Waals surface area contributed by atoms with Crippen LogP contribution in [0.2, 0.25) is 0 Å². The van der Waals surface area contributed by atoms with E-state index in [9.17, 15) is 8.42 Å². The third-order valence-electron chi connectivity index (χ3n) is 4.41. The maximum absolute atomic E-state index is 12.8. The van der Waals surface area contributed by atoms with Gasteiger partial charge in [0.2, 0.25) is 0 Å². The fourth-order valence-corrected chi connectivity index (χ4v) is 7.14. The number of hydrogen-bond donors (Lipinski definition) is 1. The van der Waals surface area contributed by atoms with Crippen LogP contribution in [-0.4, -0.2) is 35.8 Å². The van der Waals surface area contributed by atoms with Gasteiger partial charge < -0.3 is 0 Å². The summed E-state index contributed by atoms with van der Waals surface area (Å²) in [6.07, 6.45) is 1.07. The zero-order valence-corrected chi connectivity index (χ0v) is 16.8. The van der Waals surface area contributed by atoms with Crippen LogP contribution in [0, 0.1) is 18.8 Å². The largest absolute Gasteiger partial charge is 0.303 e. The highest BCUT2D eigenvalue weighted by Gasteiger charge is 2.31. The van der Waals surface area contributed by atoms with Crippen LogP contribution >= 0.6 is 22.7 Å². The lowest BCUT2D eigenvalue weighted by Gasteiger charge is -2.33. The molecule has 2 atom stereocenters. The van der Waals surface area contributed by atoms with Crippen LogP contribution in [0.5, 0.6) is 0 Å². The Morgan fingerprint density at radius 2 is 1.68 bits per heavy atom. The second-order valence-corrected chi connectivity index (χ2v) is 10.8. The number of nitrogens with one attached hydrogen (secondary N) is 1. The molecule has 134 valence electrons. The van der Waals surface area contributed by atoms with Gasteiger partial charge in [-0.05, 0) is 37.3 Å². The third kappa shape index (κ3) is 3.25. The first-order valence-corrected chi connectivity index (χ1v) is 11.3. The normalized spacial score (nSPS) is 22.7. The number of aromatic nitrogens is 2. The summed E-state index contributed by atoms with van der Waals surface area (Å²) < 4.78 is 31.8. The Labute approximate surface area is 155 Å². The number of hydrogen-bond acceptors (Lipinski definition) is 6. The van der Waals surface area contributed by atoms with Crippen LogP contribution < -0.4 is 4.72 Å². The van der Waals surface area contributed by atoms with Gasteiger partial charge in [0.05, 0.1) is 25.4 Å². The summed E-state index contributed by atoms with van der Waals surface area (Å²) in [6, 6.07) is 3.84. The van der Waals surface area contributed by atoms with E-state index in [1.54, 1.807) is 15.6 Å². The van der Waals surface area contributed by atoms with Gasteiger partial charge in [-0.15, -0.1) is 11.3 Å². The van der Waals surface area contributed by atoms with Crippen molar-refractivity contribution in [3.05, 3.63) is 17.1 Å². The van der Waals surface area contributed by atoms with Crippen LogP contribution in [0.25, 0.3) is 20.4 Å². The van der Waals surface area contributed by atoms with Crippen molar-refractivity contribution in [1.82, 2.24) is 14.3 Å². The van der Waals surface area contributed by atoms with Gasteiger partial charge in [0.15, 0.2) is 5.13 Å². The van der Waals surface area contributed by atoms with Gasteiger partial charge >= 0.3 is 10.2 Å². The van der Waals surface area contributed by atoms with Crippen molar-refractivity contribution >= 4 is 58.4 Å². The van der Waals surface area contributed by atoms with Crippen molar-refractivity contribution in [2.75, 3.05) is 17.8 Å². The molecule has 1 aromatic carbocycles. The highest BCUT2D eigenvalue weighted by molar-refractivity contribution is 7.90. The molecule has 0 bridgehead atoms. The quantitative estimate of drug-likeness (QED) is 0.730. The van der Waals surface area contributed by atoms with Crippen LogP contribution in [0.3, 0.4) is 0 Å². The molecule has 0 aliphatic carbocycles. The molecule has 0 saturated carbocycles. The van der Waals surface area contributed by atoms with Crippen LogP contribution in [0.4, 0.5) is 5.13 Å². The second kappa shape index (κ2) is 6.15. The predicted octanol–water partition coefficient (Wildman–Crippen LogP) is 3.85. The van der Waals surface area contributed by atoms with E-state index in [2.05, 4.69) is 28.5 Å². The molecule has 0 spiro atoms. The SMILES string of the molecule is Cc1nc2ccc3nc(NS(=O)(=O)N4CC(C)CC(C)C4)sc3c2s1. The molecule has 1 aliphatic heterocycles. The van der Waals surface area contributed by atoms with Gasteiger partial charge in [0, 0.05) is 13.1 Å². The summed E-state index contributed by atoms with van der Waals surface area (Å²) in [5.41, 5.74) is 1.74. The van der Waals surface area contributed by atoms with E-state index >= 15 is 0 Å². The molecule has 1 saturated heterocycles. The molecule has 1 aliphatic rings. The number of rotatable bonds is 3. The standard InChI is InChI=1S/C16H20N4O2S3/c1-9-6-10(2)8-20(7-9)25(21,22)19-16-18-13-5-4-12-14(15(13)24-16)23-11(3)17-12/h4-5,9-10H,6-8H2,1-3H3,(H,18,19). The zero-order chi connectivity index (χ0) is 17.8.